The largest absolute Gasteiger partial charge is 0.359 e. The molecule has 1 aliphatic heterocycles. The van der Waals surface area contributed by atoms with E-state index in [1.807, 2.05) is 11.8 Å². The fraction of sp³-hybridized carbons (Fsp3) is 0.938. The van der Waals surface area contributed by atoms with Gasteiger partial charge in [-0.1, -0.05) is 18.7 Å². The molecule has 0 unspecified atom stereocenters. The normalized spacial score (nSPS) is 42.6. The van der Waals surface area contributed by atoms with Crippen molar-refractivity contribution in [2.75, 3.05) is 12.3 Å². The molecule has 106 valence electrons. The first-order valence-electron chi connectivity index (χ1n) is 8.15. The third kappa shape index (κ3) is 2.43. The maximum absolute atomic E-state index is 4.96. The summed E-state index contributed by atoms with van der Waals surface area (Å²) in [6.07, 6.45) is 11.4. The second-order valence-corrected chi connectivity index (χ2v) is 8.60. The molecule has 3 aliphatic carbocycles. The lowest BCUT2D eigenvalue weighted by molar-refractivity contribution is 0.250. The Balaban J connectivity index is 1.36. The summed E-state index contributed by atoms with van der Waals surface area (Å²) >= 11 is 1.99. The highest BCUT2D eigenvalue weighted by atomic mass is 32.2. The van der Waals surface area contributed by atoms with Gasteiger partial charge in [-0.3, -0.25) is 4.99 Å². The Bertz CT molecular complexity index is 388. The molecule has 1 heterocycles. The van der Waals surface area contributed by atoms with Crippen LogP contribution in [0.3, 0.4) is 0 Å². The molecule has 4 rings (SSSR count). The number of nitrogens with zero attached hydrogens (tertiary/aromatic N) is 1. The van der Waals surface area contributed by atoms with Gasteiger partial charge in [-0.05, 0) is 68.6 Å². The summed E-state index contributed by atoms with van der Waals surface area (Å²) in [5, 5.41) is 5.06. The molecule has 1 spiro atoms. The summed E-state index contributed by atoms with van der Waals surface area (Å²) in [5.74, 6) is 3.23. The van der Waals surface area contributed by atoms with E-state index < -0.39 is 0 Å². The summed E-state index contributed by atoms with van der Waals surface area (Å²) in [7, 11) is 0. The van der Waals surface area contributed by atoms with E-state index in [2.05, 4.69) is 12.2 Å². The van der Waals surface area contributed by atoms with E-state index in [1.165, 1.54) is 62.3 Å². The maximum Gasteiger partial charge on any atom is 0.157 e. The molecule has 4 fully saturated rings. The molecular formula is C16H26N2S. The highest BCUT2D eigenvalue weighted by molar-refractivity contribution is 8.14. The van der Waals surface area contributed by atoms with Crippen molar-refractivity contribution in [3.05, 3.63) is 0 Å². The number of thioether (sulfide) groups is 1. The maximum atomic E-state index is 4.96. The van der Waals surface area contributed by atoms with Gasteiger partial charge in [0, 0.05) is 17.8 Å². The van der Waals surface area contributed by atoms with Crippen molar-refractivity contribution in [2.45, 2.75) is 63.8 Å². The smallest absolute Gasteiger partial charge is 0.157 e. The molecule has 1 saturated heterocycles. The van der Waals surface area contributed by atoms with E-state index >= 15 is 0 Å². The van der Waals surface area contributed by atoms with E-state index in [4.69, 9.17) is 4.99 Å². The van der Waals surface area contributed by atoms with E-state index in [9.17, 15) is 0 Å². The van der Waals surface area contributed by atoms with Crippen molar-refractivity contribution in [3.8, 4) is 0 Å². The summed E-state index contributed by atoms with van der Waals surface area (Å²) in [4.78, 5) is 4.96. The average Bonchev–Trinajstić information content (AvgIpc) is 3.30. The van der Waals surface area contributed by atoms with Crippen LogP contribution in [0.25, 0.3) is 0 Å². The van der Waals surface area contributed by atoms with Gasteiger partial charge in [0.15, 0.2) is 5.17 Å². The fourth-order valence-corrected chi connectivity index (χ4v) is 5.17. The quantitative estimate of drug-likeness (QED) is 0.849. The Morgan fingerprint density at radius 1 is 1.16 bits per heavy atom. The van der Waals surface area contributed by atoms with Gasteiger partial charge in [-0.15, -0.1) is 0 Å². The molecule has 3 heteroatoms. The molecule has 0 atom stereocenters. The summed E-state index contributed by atoms with van der Waals surface area (Å²) < 4.78 is 0. The second kappa shape index (κ2) is 4.41. The Kier molecular flexibility index (Phi) is 2.91. The minimum Gasteiger partial charge on any atom is -0.359 e. The highest BCUT2D eigenvalue weighted by Gasteiger charge is 2.53. The van der Waals surface area contributed by atoms with Crippen LogP contribution in [0.15, 0.2) is 4.99 Å². The average molecular weight is 278 g/mol. The fourth-order valence-electron chi connectivity index (χ4n) is 3.96. The van der Waals surface area contributed by atoms with Gasteiger partial charge in [0.2, 0.25) is 0 Å². The Morgan fingerprint density at radius 2 is 1.89 bits per heavy atom. The van der Waals surface area contributed by atoms with Gasteiger partial charge in [0.25, 0.3) is 0 Å². The van der Waals surface area contributed by atoms with Gasteiger partial charge in [0.1, 0.15) is 0 Å². The van der Waals surface area contributed by atoms with E-state index in [-0.39, 0.29) is 0 Å². The van der Waals surface area contributed by atoms with Crippen LogP contribution in [0, 0.1) is 17.3 Å². The topological polar surface area (TPSA) is 24.4 Å². The van der Waals surface area contributed by atoms with E-state index in [0.29, 0.717) is 11.0 Å². The number of hydrogen-bond acceptors (Lipinski definition) is 2. The van der Waals surface area contributed by atoms with Crippen molar-refractivity contribution in [1.29, 1.82) is 0 Å². The van der Waals surface area contributed by atoms with Gasteiger partial charge >= 0.3 is 0 Å². The lowest BCUT2D eigenvalue weighted by Crippen LogP contribution is -2.46. The van der Waals surface area contributed by atoms with E-state index in [1.54, 1.807) is 0 Å². The SMILES string of the molecule is CC1CCC2(CC1)CSC(=NCC1(C3CC3)CC1)N2. The van der Waals surface area contributed by atoms with Crippen molar-refractivity contribution >= 4 is 16.9 Å². The highest BCUT2D eigenvalue weighted by Crippen LogP contribution is 2.61. The zero-order valence-corrected chi connectivity index (χ0v) is 12.9. The van der Waals surface area contributed by atoms with Crippen molar-refractivity contribution in [2.24, 2.45) is 22.2 Å². The third-order valence-corrected chi connectivity index (χ3v) is 7.16. The molecule has 4 aliphatic rings. The van der Waals surface area contributed by atoms with Crippen LogP contribution in [-0.4, -0.2) is 23.0 Å². The molecule has 1 N–H and O–H groups in total. The minimum absolute atomic E-state index is 0.409. The van der Waals surface area contributed by atoms with Gasteiger partial charge in [-0.25, -0.2) is 0 Å². The van der Waals surface area contributed by atoms with Crippen molar-refractivity contribution in [1.82, 2.24) is 5.32 Å². The standard InChI is InChI=1S/C16H26N2S/c1-12-4-6-16(7-5-12)11-19-14(18-16)17-10-15(8-9-15)13-2-3-13/h12-13H,2-11H2,1H3,(H,17,18). The molecule has 0 bridgehead atoms. The van der Waals surface area contributed by atoms with Crippen LogP contribution < -0.4 is 5.32 Å². The summed E-state index contributed by atoms with van der Waals surface area (Å²) in [6, 6.07) is 0. The number of nitrogens with one attached hydrogen (secondary N) is 1. The number of rotatable bonds is 3. The molecule has 2 nitrogen and oxygen atoms in total. The zero-order valence-electron chi connectivity index (χ0n) is 12.1. The van der Waals surface area contributed by atoms with Crippen LogP contribution in [0.1, 0.15) is 58.3 Å². The lowest BCUT2D eigenvalue weighted by Gasteiger charge is -2.35. The lowest BCUT2D eigenvalue weighted by atomic mass is 9.78. The Labute approximate surface area is 121 Å². The van der Waals surface area contributed by atoms with Gasteiger partial charge in [-0.2, -0.15) is 0 Å². The molecule has 0 radical (unpaired) electrons. The molecular weight excluding hydrogens is 252 g/mol. The molecule has 0 amide bonds. The zero-order chi connectivity index (χ0) is 12.9. The molecule has 0 aromatic carbocycles. The predicted molar refractivity (Wildman–Crippen MR) is 82.6 cm³/mol. The molecule has 0 aromatic rings. The Morgan fingerprint density at radius 3 is 2.53 bits per heavy atom. The van der Waals surface area contributed by atoms with Gasteiger partial charge < -0.3 is 5.32 Å². The molecule has 19 heavy (non-hydrogen) atoms. The van der Waals surface area contributed by atoms with Crippen LogP contribution >= 0.6 is 11.8 Å². The molecule has 0 aromatic heterocycles. The second-order valence-electron chi connectivity index (χ2n) is 7.63. The van der Waals surface area contributed by atoms with Crippen molar-refractivity contribution in [3.63, 3.8) is 0 Å². The number of amidine groups is 1. The summed E-state index contributed by atoms with van der Waals surface area (Å²) in [6.45, 7) is 3.51. The predicted octanol–water partition coefficient (Wildman–Crippen LogP) is 3.82. The Hall–Kier alpha value is -0.180. The monoisotopic (exact) mass is 278 g/mol. The van der Waals surface area contributed by atoms with Crippen LogP contribution in [0.5, 0.6) is 0 Å². The first kappa shape index (κ1) is 12.6. The third-order valence-electron chi connectivity index (χ3n) is 5.96. The van der Waals surface area contributed by atoms with Crippen LogP contribution in [0.2, 0.25) is 0 Å². The van der Waals surface area contributed by atoms with E-state index in [0.717, 1.165) is 18.4 Å². The minimum atomic E-state index is 0.409. The van der Waals surface area contributed by atoms with Crippen LogP contribution in [0.4, 0.5) is 0 Å². The van der Waals surface area contributed by atoms with Gasteiger partial charge in [0.05, 0.1) is 0 Å². The first-order chi connectivity index (χ1) is 9.20. The van der Waals surface area contributed by atoms with Crippen molar-refractivity contribution < 1.29 is 0 Å². The first-order valence-corrected chi connectivity index (χ1v) is 9.14. The van der Waals surface area contributed by atoms with Crippen LogP contribution in [-0.2, 0) is 0 Å². The summed E-state index contributed by atoms with van der Waals surface area (Å²) in [5.41, 5.74) is 1.07. The number of hydrogen-bond donors (Lipinski definition) is 1. The number of aliphatic imine (C=N–C) groups is 1. The molecule has 3 saturated carbocycles.